The molecule has 0 saturated heterocycles. The van der Waals surface area contributed by atoms with Crippen LogP contribution in [0.25, 0.3) is 0 Å². The predicted octanol–water partition coefficient (Wildman–Crippen LogP) is 6.55. The molecule has 0 aliphatic rings. The van der Waals surface area contributed by atoms with E-state index in [0.29, 0.717) is 0 Å². The normalized spacial score (nSPS) is 11.9. The molecule has 0 aromatic rings. The molecule has 0 unspecified atom stereocenters. The highest BCUT2D eigenvalue weighted by molar-refractivity contribution is 7.81. The van der Waals surface area contributed by atoms with Crippen LogP contribution in [0.1, 0.15) is 117 Å². The minimum absolute atomic E-state index is 0.220. The summed E-state index contributed by atoms with van der Waals surface area (Å²) in [7, 11) is -3.77. The molecule has 0 radical (unpaired) electrons. The van der Waals surface area contributed by atoms with Gasteiger partial charge in [-0.15, -0.1) is 0 Å². The first kappa shape index (κ1) is 24.9. The molecule has 0 amide bonds. The zero-order chi connectivity index (χ0) is 18.6. The summed E-state index contributed by atoms with van der Waals surface area (Å²) in [4.78, 5) is 0. The maximum atomic E-state index is 11.4. The largest absolute Gasteiger partial charge is 0.399 e. The van der Waals surface area contributed by atoms with Crippen LogP contribution < -0.4 is 0 Å². The highest BCUT2D eigenvalue weighted by Crippen LogP contribution is 2.13. The van der Waals surface area contributed by atoms with Gasteiger partial charge in [0.15, 0.2) is 0 Å². The van der Waals surface area contributed by atoms with Gasteiger partial charge in [0.1, 0.15) is 0 Å². The molecule has 0 N–H and O–H groups in total. The Labute approximate surface area is 157 Å². The third-order valence-electron chi connectivity index (χ3n) is 4.45. The Morgan fingerprint density at radius 1 is 0.480 bits per heavy atom. The average Bonchev–Trinajstić information content (AvgIpc) is 2.58. The zero-order valence-corrected chi connectivity index (χ0v) is 17.6. The van der Waals surface area contributed by atoms with Gasteiger partial charge in [-0.05, 0) is 12.8 Å². The van der Waals surface area contributed by atoms with Gasteiger partial charge in [-0.2, -0.15) is 8.42 Å². The topological polar surface area (TPSA) is 52.6 Å². The summed E-state index contributed by atoms with van der Waals surface area (Å²) in [5, 5.41) is 0. The maximum Gasteiger partial charge on any atom is 0.399 e. The molecule has 0 spiro atoms. The molecule has 0 fully saturated rings. The summed E-state index contributed by atoms with van der Waals surface area (Å²) in [6, 6.07) is 0. The van der Waals surface area contributed by atoms with Gasteiger partial charge in [0.25, 0.3) is 0 Å². The third kappa shape index (κ3) is 20.0. The van der Waals surface area contributed by atoms with Crippen molar-refractivity contribution in [2.45, 2.75) is 117 Å². The van der Waals surface area contributed by atoms with Gasteiger partial charge in [-0.3, -0.25) is 0 Å². The first-order valence-corrected chi connectivity index (χ1v) is 12.0. The molecule has 25 heavy (non-hydrogen) atoms. The van der Waals surface area contributed by atoms with Gasteiger partial charge < -0.3 is 0 Å². The second-order valence-electron chi connectivity index (χ2n) is 7.00. The minimum atomic E-state index is -3.77. The molecule has 152 valence electrons. The second-order valence-corrected chi connectivity index (χ2v) is 8.29. The van der Waals surface area contributed by atoms with Crippen LogP contribution in [-0.4, -0.2) is 21.6 Å². The standard InChI is InChI=1S/C20H42O4S/c1-3-5-7-8-9-10-11-12-13-14-15-16-17-18-20-24-25(21,22)23-19-6-4-2/h3-20H2,1-2H3. The van der Waals surface area contributed by atoms with Crippen LogP contribution in [0.4, 0.5) is 0 Å². The van der Waals surface area contributed by atoms with Gasteiger partial charge in [0, 0.05) is 0 Å². The molecule has 0 aromatic carbocycles. The fraction of sp³-hybridized carbons (Fsp3) is 1.00. The molecule has 0 atom stereocenters. The van der Waals surface area contributed by atoms with Crippen molar-refractivity contribution in [2.24, 2.45) is 0 Å². The molecule has 0 rings (SSSR count). The van der Waals surface area contributed by atoms with Crippen molar-refractivity contribution in [1.82, 2.24) is 0 Å². The lowest BCUT2D eigenvalue weighted by Gasteiger charge is -2.06. The van der Waals surface area contributed by atoms with E-state index >= 15 is 0 Å². The van der Waals surface area contributed by atoms with Crippen LogP contribution in [0.15, 0.2) is 0 Å². The van der Waals surface area contributed by atoms with Crippen molar-refractivity contribution in [1.29, 1.82) is 0 Å². The molecule has 0 aliphatic heterocycles. The van der Waals surface area contributed by atoms with E-state index in [1.54, 1.807) is 0 Å². The Bertz CT molecular complexity index is 355. The van der Waals surface area contributed by atoms with Crippen molar-refractivity contribution in [2.75, 3.05) is 13.2 Å². The summed E-state index contributed by atoms with van der Waals surface area (Å²) in [5.41, 5.74) is 0. The summed E-state index contributed by atoms with van der Waals surface area (Å²) in [5.74, 6) is 0. The Kier molecular flexibility index (Phi) is 18.6. The van der Waals surface area contributed by atoms with E-state index in [1.165, 1.54) is 70.6 Å². The van der Waals surface area contributed by atoms with Crippen LogP contribution >= 0.6 is 0 Å². The summed E-state index contributed by atoms with van der Waals surface area (Å²) < 4.78 is 32.4. The molecular formula is C20H42O4S. The second kappa shape index (κ2) is 18.7. The molecule has 0 aromatic heterocycles. The molecule has 0 saturated carbocycles. The molecule has 4 nitrogen and oxygen atoms in total. The average molecular weight is 379 g/mol. The molecular weight excluding hydrogens is 336 g/mol. The Morgan fingerprint density at radius 2 is 0.800 bits per heavy atom. The van der Waals surface area contributed by atoms with Crippen LogP contribution in [0.3, 0.4) is 0 Å². The summed E-state index contributed by atoms with van der Waals surface area (Å²) in [6.07, 6.45) is 19.6. The quantitative estimate of drug-likeness (QED) is 0.225. The Hall–Kier alpha value is -0.130. The lowest BCUT2D eigenvalue weighted by atomic mass is 10.0. The summed E-state index contributed by atoms with van der Waals surface area (Å²) >= 11 is 0. The monoisotopic (exact) mass is 378 g/mol. The zero-order valence-electron chi connectivity index (χ0n) is 16.8. The van der Waals surface area contributed by atoms with Gasteiger partial charge in [0.2, 0.25) is 0 Å². The number of hydrogen-bond donors (Lipinski definition) is 0. The van der Waals surface area contributed by atoms with Crippen molar-refractivity contribution >= 4 is 10.4 Å². The predicted molar refractivity (Wildman–Crippen MR) is 106 cm³/mol. The number of hydrogen-bond acceptors (Lipinski definition) is 4. The van der Waals surface area contributed by atoms with Gasteiger partial charge in [0.05, 0.1) is 13.2 Å². The van der Waals surface area contributed by atoms with Crippen LogP contribution in [-0.2, 0) is 18.8 Å². The van der Waals surface area contributed by atoms with E-state index in [4.69, 9.17) is 8.37 Å². The van der Waals surface area contributed by atoms with Crippen LogP contribution in [0.5, 0.6) is 0 Å². The van der Waals surface area contributed by atoms with E-state index in [0.717, 1.165) is 32.1 Å². The first-order valence-electron chi connectivity index (χ1n) is 10.7. The fourth-order valence-electron chi connectivity index (χ4n) is 2.80. The van der Waals surface area contributed by atoms with E-state index in [2.05, 4.69) is 6.92 Å². The minimum Gasteiger partial charge on any atom is -0.248 e. The van der Waals surface area contributed by atoms with Crippen molar-refractivity contribution in [3.05, 3.63) is 0 Å². The molecule has 5 heteroatoms. The van der Waals surface area contributed by atoms with E-state index in [-0.39, 0.29) is 13.2 Å². The smallest absolute Gasteiger partial charge is 0.248 e. The van der Waals surface area contributed by atoms with Crippen LogP contribution in [0, 0.1) is 0 Å². The highest BCUT2D eigenvalue weighted by atomic mass is 32.3. The van der Waals surface area contributed by atoms with E-state index in [1.807, 2.05) is 6.92 Å². The SMILES string of the molecule is CCCCCCCCCCCCCCCCOS(=O)(=O)OCCCC. The van der Waals surface area contributed by atoms with Crippen molar-refractivity contribution in [3.8, 4) is 0 Å². The highest BCUT2D eigenvalue weighted by Gasteiger charge is 2.10. The Balaban J connectivity index is 3.21. The van der Waals surface area contributed by atoms with Crippen LogP contribution in [0.2, 0.25) is 0 Å². The van der Waals surface area contributed by atoms with E-state index in [9.17, 15) is 8.42 Å². The van der Waals surface area contributed by atoms with Gasteiger partial charge in [-0.25, -0.2) is 8.37 Å². The third-order valence-corrected chi connectivity index (χ3v) is 5.36. The lowest BCUT2D eigenvalue weighted by Crippen LogP contribution is -2.11. The first-order chi connectivity index (χ1) is 12.1. The molecule has 0 aliphatic carbocycles. The number of rotatable bonds is 20. The number of unbranched alkanes of at least 4 members (excludes halogenated alkanes) is 14. The maximum absolute atomic E-state index is 11.4. The van der Waals surface area contributed by atoms with Crippen molar-refractivity contribution in [3.63, 3.8) is 0 Å². The van der Waals surface area contributed by atoms with Crippen molar-refractivity contribution < 1.29 is 16.8 Å². The van der Waals surface area contributed by atoms with E-state index < -0.39 is 10.4 Å². The molecule has 0 bridgehead atoms. The molecule has 0 heterocycles. The summed E-state index contributed by atoms with van der Waals surface area (Å²) in [6.45, 7) is 4.72. The Morgan fingerprint density at radius 3 is 1.20 bits per heavy atom. The fourth-order valence-corrected chi connectivity index (χ4v) is 3.51. The van der Waals surface area contributed by atoms with Gasteiger partial charge >= 0.3 is 10.4 Å². The lowest BCUT2D eigenvalue weighted by molar-refractivity contribution is 0.209. The van der Waals surface area contributed by atoms with Gasteiger partial charge in [-0.1, -0.05) is 104 Å².